The first-order valence-electron chi connectivity index (χ1n) is 28.6. The van der Waals surface area contributed by atoms with E-state index in [4.69, 9.17) is 33.2 Å². The van der Waals surface area contributed by atoms with Crippen molar-refractivity contribution in [3.63, 3.8) is 0 Å². The Hall–Kier alpha value is -2.07. The van der Waals surface area contributed by atoms with Gasteiger partial charge in [0.05, 0.1) is 25.4 Å². The number of nitrogens with zero attached hydrogens (tertiary/aromatic N) is 1. The van der Waals surface area contributed by atoms with Crippen LogP contribution in [0.1, 0.15) is 174 Å². The second-order valence-electron chi connectivity index (χ2n) is 21.4. The lowest BCUT2D eigenvalue weighted by Crippen LogP contribution is -2.67. The van der Waals surface area contributed by atoms with Gasteiger partial charge in [-0.2, -0.15) is 0 Å². The lowest BCUT2D eigenvalue weighted by atomic mass is 9.95. The molecule has 0 bridgehead atoms. The number of carbonyl (C=O) groups is 3. The van der Waals surface area contributed by atoms with Crippen molar-refractivity contribution < 1.29 is 98.6 Å². The van der Waals surface area contributed by atoms with Gasteiger partial charge in [0, 0.05) is 32.7 Å². The van der Waals surface area contributed by atoms with Crippen molar-refractivity contribution in [3.05, 3.63) is 0 Å². The molecular formula is C54H100N2O20. The molecule has 0 spiro atoms. The number of rotatable bonds is 41. The van der Waals surface area contributed by atoms with Crippen LogP contribution in [0.5, 0.6) is 0 Å². The van der Waals surface area contributed by atoms with E-state index < -0.39 is 130 Å². The molecular weight excluding hydrogens is 997 g/mol. The van der Waals surface area contributed by atoms with Crippen molar-refractivity contribution in [3.8, 4) is 0 Å². The molecule has 3 fully saturated rings. The first-order chi connectivity index (χ1) is 36.4. The average molecular weight is 1100 g/mol. The smallest absolute Gasteiger partial charge is 0.302 e. The number of hydrogen-bond acceptors (Lipinski definition) is 21. The molecule has 11 N–H and O–H groups in total. The molecule has 22 heteroatoms. The number of aliphatic hydroxyl groups is 10. The zero-order valence-corrected chi connectivity index (χ0v) is 46.0. The van der Waals surface area contributed by atoms with Crippen molar-refractivity contribution in [2.75, 3.05) is 47.0 Å². The normalized spacial score (nSPS) is 30.8. The van der Waals surface area contributed by atoms with Crippen LogP contribution in [0.2, 0.25) is 0 Å². The maximum absolute atomic E-state index is 12.7. The summed E-state index contributed by atoms with van der Waals surface area (Å²) in [5, 5.41) is 110. The quantitative estimate of drug-likeness (QED) is 0.0307. The number of hydrogen-bond donors (Lipinski definition) is 11. The standard InChI is InChI=1S/C54H100N2O20/c1-5-6-18-28-38(37(61)27-21-16-15-20-26-36(60)25-19-13-11-9-7-8-10-12-14-22-29-42(62)55-30-23-17-24-31-56(3)4)71-54-51(76-53-49(69)47(67)44(64)40(33-58)73-53)50(45(65)41(74-54)34-70-35(2)59)75-52-48(68)46(66)43(63)39(32-57)72-52/h37-41,43-54,57-58,61,63-69H,5-34H2,1-4H3,(H,55,62)/t37?,38?,39-,40-,41-,43+,44-,45+,46+,47+,48-,49-,50+,51-,52+,53+,54-/m1/s1. The van der Waals surface area contributed by atoms with Gasteiger partial charge in [0.2, 0.25) is 5.91 Å². The molecule has 0 aliphatic carbocycles. The number of aliphatic hydroxyl groups excluding tert-OH is 10. The van der Waals surface area contributed by atoms with Crippen LogP contribution in [0.4, 0.5) is 0 Å². The van der Waals surface area contributed by atoms with E-state index in [0.29, 0.717) is 38.5 Å². The molecule has 446 valence electrons. The zero-order valence-electron chi connectivity index (χ0n) is 46.0. The summed E-state index contributed by atoms with van der Waals surface area (Å²) in [4.78, 5) is 38.9. The summed E-state index contributed by atoms with van der Waals surface area (Å²) >= 11 is 0. The Morgan fingerprint density at radius 1 is 0.539 bits per heavy atom. The molecule has 3 aliphatic heterocycles. The predicted octanol–water partition coefficient (Wildman–Crippen LogP) is 1.77. The van der Waals surface area contributed by atoms with Crippen LogP contribution in [0.15, 0.2) is 0 Å². The number of Topliss-reactive ketones (excluding diaryl/α,β-unsaturated/α-hetero) is 1. The maximum Gasteiger partial charge on any atom is 0.302 e. The van der Waals surface area contributed by atoms with Gasteiger partial charge in [-0.05, 0) is 65.6 Å². The predicted molar refractivity (Wildman–Crippen MR) is 277 cm³/mol. The topological polar surface area (TPSA) is 333 Å². The van der Waals surface area contributed by atoms with Crippen LogP contribution in [-0.4, -0.2) is 225 Å². The van der Waals surface area contributed by atoms with Gasteiger partial charge in [0.15, 0.2) is 18.9 Å². The monoisotopic (exact) mass is 1100 g/mol. The molecule has 1 amide bonds. The van der Waals surface area contributed by atoms with Gasteiger partial charge in [0.1, 0.15) is 85.6 Å². The molecule has 3 heterocycles. The largest absolute Gasteiger partial charge is 0.463 e. The van der Waals surface area contributed by atoms with E-state index in [1.165, 1.54) is 19.3 Å². The third-order valence-corrected chi connectivity index (χ3v) is 14.6. The lowest BCUT2D eigenvalue weighted by molar-refractivity contribution is -0.396. The summed E-state index contributed by atoms with van der Waals surface area (Å²) < 4.78 is 41.4. The summed E-state index contributed by atoms with van der Waals surface area (Å²) in [5.74, 6) is -0.322. The van der Waals surface area contributed by atoms with Crippen LogP contribution in [0.3, 0.4) is 0 Å². The molecule has 0 aromatic carbocycles. The fraction of sp³-hybridized carbons (Fsp3) is 0.944. The third kappa shape index (κ3) is 24.7. The highest BCUT2D eigenvalue weighted by Gasteiger charge is 2.55. The van der Waals surface area contributed by atoms with Crippen LogP contribution in [0.25, 0.3) is 0 Å². The van der Waals surface area contributed by atoms with Crippen LogP contribution < -0.4 is 5.32 Å². The fourth-order valence-electron chi connectivity index (χ4n) is 9.83. The van der Waals surface area contributed by atoms with E-state index in [2.05, 4.69) is 24.3 Å². The second kappa shape index (κ2) is 38.6. The number of esters is 1. The van der Waals surface area contributed by atoms with Crippen LogP contribution >= 0.6 is 0 Å². The summed E-state index contributed by atoms with van der Waals surface area (Å²) in [5.41, 5.74) is 0. The van der Waals surface area contributed by atoms with E-state index >= 15 is 0 Å². The van der Waals surface area contributed by atoms with Gasteiger partial charge in [0.25, 0.3) is 0 Å². The Labute approximate surface area is 451 Å². The number of amides is 1. The summed E-state index contributed by atoms with van der Waals surface area (Å²) in [6.45, 7) is 2.80. The molecule has 17 atom stereocenters. The minimum Gasteiger partial charge on any atom is -0.463 e. The fourth-order valence-corrected chi connectivity index (χ4v) is 9.83. The second-order valence-corrected chi connectivity index (χ2v) is 21.4. The molecule has 0 saturated carbocycles. The summed E-state index contributed by atoms with van der Waals surface area (Å²) in [6.07, 6.45) is -6.71. The van der Waals surface area contributed by atoms with Gasteiger partial charge >= 0.3 is 5.97 Å². The highest BCUT2D eigenvalue weighted by Crippen LogP contribution is 2.35. The Bertz CT molecular complexity index is 1550. The van der Waals surface area contributed by atoms with E-state index in [1.54, 1.807) is 0 Å². The van der Waals surface area contributed by atoms with E-state index in [9.17, 15) is 65.4 Å². The minimum atomic E-state index is -1.96. The number of unbranched alkanes of at least 4 members (excludes halogenated alkanes) is 16. The van der Waals surface area contributed by atoms with Crippen LogP contribution in [0, 0.1) is 0 Å². The van der Waals surface area contributed by atoms with Gasteiger partial charge in [-0.25, -0.2) is 0 Å². The highest BCUT2D eigenvalue weighted by atomic mass is 16.8. The molecule has 3 saturated heterocycles. The Morgan fingerprint density at radius 2 is 1.01 bits per heavy atom. The van der Waals surface area contributed by atoms with Crippen molar-refractivity contribution >= 4 is 17.7 Å². The van der Waals surface area contributed by atoms with E-state index in [-0.39, 0.29) is 18.1 Å². The number of carbonyl (C=O) groups excluding carboxylic acids is 3. The molecule has 3 rings (SSSR count). The number of ketones is 1. The van der Waals surface area contributed by atoms with Gasteiger partial charge in [-0.1, -0.05) is 103 Å². The Kier molecular flexibility index (Phi) is 34.6. The maximum atomic E-state index is 12.7. The first-order valence-corrected chi connectivity index (χ1v) is 28.6. The van der Waals surface area contributed by atoms with Crippen molar-refractivity contribution in [1.29, 1.82) is 0 Å². The Morgan fingerprint density at radius 3 is 1.53 bits per heavy atom. The first kappa shape index (κ1) is 68.2. The minimum absolute atomic E-state index is 0.163. The van der Waals surface area contributed by atoms with Gasteiger partial charge in [-0.3, -0.25) is 14.4 Å². The van der Waals surface area contributed by atoms with Crippen molar-refractivity contribution in [2.45, 2.75) is 279 Å². The molecule has 22 nitrogen and oxygen atoms in total. The molecule has 3 aliphatic rings. The number of ether oxygens (including phenoxy) is 7. The van der Waals surface area contributed by atoms with Gasteiger partial charge in [-0.15, -0.1) is 0 Å². The third-order valence-electron chi connectivity index (χ3n) is 14.6. The zero-order chi connectivity index (χ0) is 56.0. The summed E-state index contributed by atoms with van der Waals surface area (Å²) in [7, 11) is 4.15. The molecule has 76 heavy (non-hydrogen) atoms. The van der Waals surface area contributed by atoms with Crippen molar-refractivity contribution in [1.82, 2.24) is 10.2 Å². The van der Waals surface area contributed by atoms with E-state index in [1.807, 2.05) is 6.92 Å². The average Bonchev–Trinajstić information content (AvgIpc) is 3.40. The molecule has 2 unspecified atom stereocenters. The lowest BCUT2D eigenvalue weighted by Gasteiger charge is -2.49. The molecule has 0 radical (unpaired) electrons. The summed E-state index contributed by atoms with van der Waals surface area (Å²) in [6, 6.07) is 0. The molecule has 0 aromatic heterocycles. The SMILES string of the molecule is CCCCCC(O[C@@H]1O[C@H](COC(C)=O)[C@H](O)[C@H](O[C@@H]2O[C@H](CO)[C@H](O)[C@H](O)[C@H]2O)[C@H]1O[C@@H]1O[C@H](CO)[C@@H](O)[C@H](O)[C@H]1O)C(O)CCCCCCC(=O)CCCCCCCCCCCCC(=O)NCCCCCN(C)C. The van der Waals surface area contributed by atoms with Crippen LogP contribution in [-0.2, 0) is 47.5 Å². The Balaban J connectivity index is 1.51. The van der Waals surface area contributed by atoms with Gasteiger partial charge < -0.3 is 94.4 Å². The highest BCUT2D eigenvalue weighted by molar-refractivity contribution is 5.78. The van der Waals surface area contributed by atoms with E-state index in [0.717, 1.165) is 116 Å². The number of nitrogens with one attached hydrogen (secondary N) is 1. The van der Waals surface area contributed by atoms with Crippen molar-refractivity contribution in [2.24, 2.45) is 0 Å². The molecule has 0 aromatic rings.